The van der Waals surface area contributed by atoms with E-state index in [2.05, 4.69) is 0 Å². The van der Waals surface area contributed by atoms with Crippen LogP contribution < -0.4 is 22.4 Å². The van der Waals surface area contributed by atoms with E-state index in [-0.39, 0.29) is 11.2 Å². The standard InChI is InChI=1S/C12H20N4O2S/c1-9-8-10(17)15(2)12(18)16(9)6-4-3-5-7-19-11(13)14/h8H,3-7H2,1-2H3,(H3,13,14)/p+1. The van der Waals surface area contributed by atoms with Gasteiger partial charge in [-0.15, -0.1) is 0 Å². The van der Waals surface area contributed by atoms with Gasteiger partial charge in [0.05, 0.1) is 0 Å². The van der Waals surface area contributed by atoms with Gasteiger partial charge in [0.15, 0.2) is 0 Å². The average molecular weight is 285 g/mol. The maximum atomic E-state index is 11.9. The minimum absolute atomic E-state index is 0.251. The summed E-state index contributed by atoms with van der Waals surface area (Å²) in [4.78, 5) is 23.3. The van der Waals surface area contributed by atoms with Crippen LogP contribution in [0.3, 0.4) is 0 Å². The van der Waals surface area contributed by atoms with Gasteiger partial charge >= 0.3 is 5.69 Å². The molecule has 0 amide bonds. The number of thioether (sulfide) groups is 1. The Kier molecular flexibility index (Phi) is 5.88. The minimum Gasteiger partial charge on any atom is -0.298 e. The number of hydrogen-bond acceptors (Lipinski definition) is 3. The largest absolute Gasteiger partial charge is 0.330 e. The summed E-state index contributed by atoms with van der Waals surface area (Å²) in [5.74, 6) is 0.892. The van der Waals surface area contributed by atoms with Crippen LogP contribution >= 0.6 is 11.8 Å². The van der Waals surface area contributed by atoms with Crippen LogP contribution in [0.15, 0.2) is 15.7 Å². The van der Waals surface area contributed by atoms with Gasteiger partial charge in [-0.2, -0.15) is 0 Å². The van der Waals surface area contributed by atoms with Gasteiger partial charge in [-0.05, 0) is 31.5 Å². The zero-order chi connectivity index (χ0) is 14.4. The third-order valence-corrected chi connectivity index (χ3v) is 3.73. The Morgan fingerprint density at radius 3 is 2.68 bits per heavy atom. The molecule has 4 N–H and O–H groups in total. The van der Waals surface area contributed by atoms with Crippen LogP contribution in [0.2, 0.25) is 0 Å². The summed E-state index contributed by atoms with van der Waals surface area (Å²) < 4.78 is 2.77. The van der Waals surface area contributed by atoms with Crippen LogP contribution in [-0.2, 0) is 13.6 Å². The van der Waals surface area contributed by atoms with Gasteiger partial charge < -0.3 is 0 Å². The molecule has 0 aliphatic carbocycles. The smallest absolute Gasteiger partial charge is 0.298 e. The molecule has 0 aliphatic rings. The van der Waals surface area contributed by atoms with E-state index in [1.165, 1.54) is 24.9 Å². The highest BCUT2D eigenvalue weighted by Gasteiger charge is 2.05. The summed E-state index contributed by atoms with van der Waals surface area (Å²) in [6.45, 7) is 2.41. The molecule has 0 unspecified atom stereocenters. The number of aromatic nitrogens is 2. The number of hydrogen-bond donors (Lipinski definition) is 2. The van der Waals surface area contributed by atoms with Crippen molar-refractivity contribution in [2.75, 3.05) is 5.75 Å². The second kappa shape index (κ2) is 7.18. The lowest BCUT2D eigenvalue weighted by molar-refractivity contribution is -0.110. The first kappa shape index (κ1) is 15.6. The van der Waals surface area contributed by atoms with Gasteiger partial charge in [0, 0.05) is 31.1 Å². The predicted octanol–water partition coefficient (Wildman–Crippen LogP) is -1.17. The van der Waals surface area contributed by atoms with Gasteiger partial charge in [-0.3, -0.25) is 25.1 Å². The number of nitrogens with zero attached hydrogens (tertiary/aromatic N) is 2. The van der Waals surface area contributed by atoms with Crippen molar-refractivity contribution in [1.29, 1.82) is 0 Å². The van der Waals surface area contributed by atoms with Crippen LogP contribution in [-0.4, -0.2) is 20.1 Å². The van der Waals surface area contributed by atoms with Crippen LogP contribution in [0, 0.1) is 6.92 Å². The van der Waals surface area contributed by atoms with E-state index in [1.807, 2.05) is 0 Å². The molecule has 0 atom stereocenters. The van der Waals surface area contributed by atoms with Crippen LogP contribution in [0.25, 0.3) is 0 Å². The molecule has 0 aliphatic heterocycles. The minimum atomic E-state index is -0.260. The lowest BCUT2D eigenvalue weighted by atomic mass is 10.2. The van der Waals surface area contributed by atoms with Gasteiger partial charge in [0.1, 0.15) is 0 Å². The molecular formula is C12H21N4O2S+. The Hall–Kier alpha value is -1.50. The number of amidine groups is 1. The molecule has 0 spiro atoms. The first-order valence-electron chi connectivity index (χ1n) is 6.21. The maximum absolute atomic E-state index is 11.9. The summed E-state index contributed by atoms with van der Waals surface area (Å²) >= 11 is 1.45. The zero-order valence-corrected chi connectivity index (χ0v) is 12.2. The topological polar surface area (TPSA) is 95.6 Å². The number of unbranched alkanes of at least 4 members (excludes halogenated alkanes) is 2. The molecule has 7 heteroatoms. The molecule has 1 aromatic heterocycles. The number of nitrogens with two attached hydrogens (primary N) is 2. The van der Waals surface area contributed by atoms with E-state index in [0.717, 1.165) is 29.6 Å². The van der Waals surface area contributed by atoms with Gasteiger partial charge in [0.2, 0.25) is 0 Å². The molecule has 0 saturated heterocycles. The molecule has 0 aromatic carbocycles. The molecule has 19 heavy (non-hydrogen) atoms. The molecule has 106 valence electrons. The summed E-state index contributed by atoms with van der Waals surface area (Å²) in [6.07, 6.45) is 2.89. The maximum Gasteiger partial charge on any atom is 0.330 e. The molecule has 0 fully saturated rings. The molecule has 0 saturated carbocycles. The molecule has 1 rings (SSSR count). The van der Waals surface area contributed by atoms with Crippen molar-refractivity contribution in [2.45, 2.75) is 32.7 Å². The van der Waals surface area contributed by atoms with Crippen LogP contribution in [0.4, 0.5) is 0 Å². The van der Waals surface area contributed by atoms with Crippen molar-refractivity contribution in [3.8, 4) is 0 Å². The van der Waals surface area contributed by atoms with E-state index in [4.69, 9.17) is 11.1 Å². The SMILES string of the molecule is Cc1cc(=O)n(C)c(=O)n1CCCCCSC(N)=[NH2+]. The number of aryl methyl sites for hydroxylation is 1. The van der Waals surface area contributed by atoms with Gasteiger partial charge in [0.25, 0.3) is 10.7 Å². The summed E-state index contributed by atoms with van der Waals surface area (Å²) in [5, 5.41) is 5.74. The third-order valence-electron chi connectivity index (χ3n) is 2.90. The highest BCUT2D eigenvalue weighted by molar-refractivity contribution is 8.13. The summed E-state index contributed by atoms with van der Waals surface area (Å²) in [5.41, 5.74) is 5.55. The van der Waals surface area contributed by atoms with E-state index in [0.29, 0.717) is 17.4 Å². The molecule has 0 bridgehead atoms. The fraction of sp³-hybridized carbons (Fsp3) is 0.583. The average Bonchev–Trinajstić information content (AvgIpc) is 2.34. The lowest BCUT2D eigenvalue weighted by Crippen LogP contribution is -2.43. The third kappa shape index (κ3) is 4.59. The van der Waals surface area contributed by atoms with Gasteiger partial charge in [-0.1, -0.05) is 6.42 Å². The second-order valence-corrected chi connectivity index (χ2v) is 5.60. The molecular weight excluding hydrogens is 264 g/mol. The Morgan fingerprint density at radius 2 is 2.05 bits per heavy atom. The van der Waals surface area contributed by atoms with Crippen molar-refractivity contribution in [1.82, 2.24) is 9.13 Å². The van der Waals surface area contributed by atoms with E-state index in [1.54, 1.807) is 11.5 Å². The van der Waals surface area contributed by atoms with E-state index in [9.17, 15) is 9.59 Å². The Morgan fingerprint density at radius 1 is 1.37 bits per heavy atom. The zero-order valence-electron chi connectivity index (χ0n) is 11.4. The molecule has 1 heterocycles. The monoisotopic (exact) mass is 285 g/mol. The van der Waals surface area contributed by atoms with Gasteiger partial charge in [-0.25, -0.2) is 4.79 Å². The second-order valence-electron chi connectivity index (χ2n) is 4.43. The van der Waals surface area contributed by atoms with Crippen molar-refractivity contribution in [2.24, 2.45) is 12.8 Å². The van der Waals surface area contributed by atoms with Crippen LogP contribution in [0.5, 0.6) is 0 Å². The van der Waals surface area contributed by atoms with Crippen molar-refractivity contribution in [3.05, 3.63) is 32.6 Å². The first-order chi connectivity index (χ1) is 8.93. The Bertz CT molecular complexity index is 562. The Labute approximate surface area is 116 Å². The normalized spacial score (nSPS) is 10.6. The fourth-order valence-electron chi connectivity index (χ4n) is 1.79. The van der Waals surface area contributed by atoms with Crippen molar-refractivity contribution in [3.63, 3.8) is 0 Å². The first-order valence-corrected chi connectivity index (χ1v) is 7.20. The highest BCUT2D eigenvalue weighted by atomic mass is 32.2. The van der Waals surface area contributed by atoms with Crippen molar-refractivity contribution >= 4 is 16.9 Å². The Balaban J connectivity index is 2.51. The molecule has 1 aromatic rings. The number of rotatable bonds is 6. The fourth-order valence-corrected chi connectivity index (χ4v) is 2.37. The predicted molar refractivity (Wildman–Crippen MR) is 78.1 cm³/mol. The van der Waals surface area contributed by atoms with Crippen LogP contribution in [0.1, 0.15) is 25.0 Å². The lowest BCUT2D eigenvalue weighted by Gasteiger charge is -2.10. The summed E-state index contributed by atoms with van der Waals surface area (Å²) in [6, 6.07) is 1.49. The van der Waals surface area contributed by atoms with E-state index >= 15 is 0 Å². The van der Waals surface area contributed by atoms with Crippen molar-refractivity contribution < 1.29 is 5.41 Å². The van der Waals surface area contributed by atoms with E-state index < -0.39 is 0 Å². The molecule has 0 radical (unpaired) electrons. The highest BCUT2D eigenvalue weighted by Crippen LogP contribution is 2.05. The molecule has 6 nitrogen and oxygen atoms in total. The summed E-state index contributed by atoms with van der Waals surface area (Å²) in [7, 11) is 1.50. The quantitative estimate of drug-likeness (QED) is 0.391.